The van der Waals surface area contributed by atoms with Crippen LogP contribution < -0.4 is 10.1 Å². The molecule has 0 saturated heterocycles. The van der Waals surface area contributed by atoms with Crippen molar-refractivity contribution in [2.75, 3.05) is 0 Å². The van der Waals surface area contributed by atoms with Gasteiger partial charge in [0.25, 0.3) is 5.91 Å². The maximum Gasteiger partial charge on any atom is 0.251 e. The van der Waals surface area contributed by atoms with Crippen LogP contribution in [0.1, 0.15) is 21.5 Å². The van der Waals surface area contributed by atoms with Crippen LogP contribution in [0.2, 0.25) is 0 Å². The molecule has 0 spiro atoms. The van der Waals surface area contributed by atoms with Crippen molar-refractivity contribution in [3.63, 3.8) is 0 Å². The molecule has 32 heavy (non-hydrogen) atoms. The number of benzene rings is 2. The molecule has 4 aromatic rings. The summed E-state index contributed by atoms with van der Waals surface area (Å²) in [5, 5.41) is 6.88. The topological polar surface area (TPSA) is 69.0 Å². The second-order valence-electron chi connectivity index (χ2n) is 7.24. The molecule has 0 fully saturated rings. The van der Waals surface area contributed by atoms with E-state index in [4.69, 9.17) is 4.74 Å². The summed E-state index contributed by atoms with van der Waals surface area (Å²) in [4.78, 5) is 17.0. The highest BCUT2D eigenvalue weighted by molar-refractivity contribution is 5.96. The summed E-state index contributed by atoms with van der Waals surface area (Å²) in [5.74, 6) is -1.13. The lowest BCUT2D eigenvalue weighted by Crippen LogP contribution is -2.23. The van der Waals surface area contributed by atoms with Crippen molar-refractivity contribution in [2.24, 2.45) is 7.05 Å². The first kappa shape index (κ1) is 21.2. The average molecular weight is 434 g/mol. The molecule has 0 unspecified atom stereocenters. The molecule has 0 saturated carbocycles. The lowest BCUT2D eigenvalue weighted by atomic mass is 10.1. The highest BCUT2D eigenvalue weighted by Gasteiger charge is 2.14. The second kappa shape index (κ2) is 8.97. The zero-order valence-electron chi connectivity index (χ0n) is 17.5. The number of nitrogens with zero attached hydrogens (tertiary/aromatic N) is 3. The van der Waals surface area contributed by atoms with Crippen LogP contribution >= 0.6 is 0 Å². The molecule has 0 aliphatic heterocycles. The first-order valence-corrected chi connectivity index (χ1v) is 9.85. The van der Waals surface area contributed by atoms with Gasteiger partial charge in [-0.3, -0.25) is 14.5 Å². The smallest absolute Gasteiger partial charge is 0.251 e. The maximum atomic E-state index is 13.4. The Morgan fingerprint density at radius 1 is 1.12 bits per heavy atom. The first-order chi connectivity index (χ1) is 15.4. The van der Waals surface area contributed by atoms with Gasteiger partial charge in [-0.15, -0.1) is 0 Å². The molecule has 8 heteroatoms. The minimum Gasteiger partial charge on any atom is -0.457 e. The molecule has 0 radical (unpaired) electrons. The van der Waals surface area contributed by atoms with Gasteiger partial charge in [-0.1, -0.05) is 12.1 Å². The van der Waals surface area contributed by atoms with Crippen LogP contribution in [0.15, 0.2) is 67.1 Å². The summed E-state index contributed by atoms with van der Waals surface area (Å²) in [6.07, 6.45) is 5.22. The van der Waals surface area contributed by atoms with Gasteiger partial charge in [-0.2, -0.15) is 5.10 Å². The van der Waals surface area contributed by atoms with Crippen LogP contribution in [-0.4, -0.2) is 20.7 Å². The predicted octanol–water partition coefficient (Wildman–Crippen LogP) is 4.79. The van der Waals surface area contributed by atoms with E-state index in [1.165, 1.54) is 6.07 Å². The zero-order valence-corrected chi connectivity index (χ0v) is 17.5. The third-order valence-corrected chi connectivity index (χ3v) is 4.93. The number of carbonyl (C=O) groups is 1. The summed E-state index contributed by atoms with van der Waals surface area (Å²) >= 11 is 0. The Morgan fingerprint density at radius 2 is 1.97 bits per heavy atom. The number of ether oxygens (including phenoxy) is 1. The SMILES string of the molecule is Cc1c(Oc2ccnc(-c3cnn(C)c3)c2)cccc1C(=O)NCc1ccc(F)c(F)c1. The Kier molecular flexibility index (Phi) is 5.93. The van der Waals surface area contributed by atoms with Gasteiger partial charge in [-0.25, -0.2) is 8.78 Å². The number of aromatic nitrogens is 3. The Balaban J connectivity index is 1.50. The normalized spacial score (nSPS) is 10.8. The van der Waals surface area contributed by atoms with E-state index < -0.39 is 11.6 Å². The number of aryl methyl sites for hydroxylation is 1. The Labute approximate surface area is 183 Å². The van der Waals surface area contributed by atoms with Gasteiger partial charge < -0.3 is 10.1 Å². The van der Waals surface area contributed by atoms with E-state index in [9.17, 15) is 13.6 Å². The largest absolute Gasteiger partial charge is 0.457 e. The number of rotatable bonds is 6. The monoisotopic (exact) mass is 434 g/mol. The summed E-state index contributed by atoms with van der Waals surface area (Å²) in [6, 6.07) is 12.2. The van der Waals surface area contributed by atoms with Gasteiger partial charge in [-0.05, 0) is 42.8 Å². The van der Waals surface area contributed by atoms with E-state index in [1.54, 1.807) is 54.3 Å². The van der Waals surface area contributed by atoms with Gasteiger partial charge >= 0.3 is 0 Å². The molecular weight excluding hydrogens is 414 g/mol. The molecule has 2 heterocycles. The van der Waals surface area contributed by atoms with Gasteiger partial charge in [0, 0.05) is 48.7 Å². The van der Waals surface area contributed by atoms with Crippen molar-refractivity contribution in [1.82, 2.24) is 20.1 Å². The van der Waals surface area contributed by atoms with E-state index >= 15 is 0 Å². The van der Waals surface area contributed by atoms with Crippen molar-refractivity contribution in [3.8, 4) is 22.8 Å². The number of carbonyl (C=O) groups excluding carboxylic acids is 1. The van der Waals surface area contributed by atoms with Gasteiger partial charge in [0.05, 0.1) is 11.9 Å². The molecule has 162 valence electrons. The second-order valence-corrected chi connectivity index (χ2v) is 7.24. The molecule has 1 N–H and O–H groups in total. The fourth-order valence-corrected chi connectivity index (χ4v) is 3.21. The number of pyridine rings is 1. The lowest BCUT2D eigenvalue weighted by Gasteiger charge is -2.13. The molecule has 0 aliphatic carbocycles. The van der Waals surface area contributed by atoms with E-state index in [2.05, 4.69) is 15.4 Å². The molecule has 0 aliphatic rings. The standard InChI is InChI=1S/C24H20F2N4O2/c1-15-19(24(31)28-12-16-6-7-20(25)21(26)10-16)4-3-5-23(15)32-18-8-9-27-22(11-18)17-13-29-30(2)14-17/h3-11,13-14H,12H2,1-2H3,(H,28,31). The minimum atomic E-state index is -0.952. The van der Waals surface area contributed by atoms with Crippen molar-refractivity contribution in [1.29, 1.82) is 0 Å². The molecule has 0 bridgehead atoms. The maximum absolute atomic E-state index is 13.4. The average Bonchev–Trinajstić information content (AvgIpc) is 3.22. The summed E-state index contributed by atoms with van der Waals surface area (Å²) in [5.41, 5.74) is 3.11. The molecular formula is C24H20F2N4O2. The van der Waals surface area contributed by atoms with Crippen LogP contribution in [0.3, 0.4) is 0 Å². The van der Waals surface area contributed by atoms with Crippen LogP contribution in [0.5, 0.6) is 11.5 Å². The summed E-state index contributed by atoms with van der Waals surface area (Å²) < 4.78 is 34.2. The fraction of sp³-hybridized carbons (Fsp3) is 0.125. The Morgan fingerprint density at radius 3 is 2.72 bits per heavy atom. The quantitative estimate of drug-likeness (QED) is 0.474. The van der Waals surface area contributed by atoms with E-state index in [1.807, 2.05) is 13.2 Å². The van der Waals surface area contributed by atoms with Crippen LogP contribution in [-0.2, 0) is 13.6 Å². The highest BCUT2D eigenvalue weighted by Crippen LogP contribution is 2.29. The number of nitrogens with one attached hydrogen (secondary N) is 1. The minimum absolute atomic E-state index is 0.0688. The number of hydrogen-bond donors (Lipinski definition) is 1. The van der Waals surface area contributed by atoms with Crippen molar-refractivity contribution in [3.05, 3.63) is 95.4 Å². The molecule has 2 aromatic carbocycles. The van der Waals surface area contributed by atoms with Crippen LogP contribution in [0.25, 0.3) is 11.3 Å². The van der Waals surface area contributed by atoms with Gasteiger partial charge in [0.15, 0.2) is 11.6 Å². The van der Waals surface area contributed by atoms with Crippen LogP contribution in [0, 0.1) is 18.6 Å². The van der Waals surface area contributed by atoms with Crippen molar-refractivity contribution < 1.29 is 18.3 Å². The molecule has 0 atom stereocenters. The van der Waals surface area contributed by atoms with Crippen LogP contribution in [0.4, 0.5) is 8.78 Å². The van der Waals surface area contributed by atoms with Crippen molar-refractivity contribution in [2.45, 2.75) is 13.5 Å². The summed E-state index contributed by atoms with van der Waals surface area (Å²) in [6.45, 7) is 1.85. The zero-order chi connectivity index (χ0) is 22.7. The third-order valence-electron chi connectivity index (χ3n) is 4.93. The van der Waals surface area contributed by atoms with Gasteiger partial charge in [0.1, 0.15) is 11.5 Å². The predicted molar refractivity (Wildman–Crippen MR) is 115 cm³/mol. The van der Waals surface area contributed by atoms with Crippen molar-refractivity contribution >= 4 is 5.91 Å². The molecule has 6 nitrogen and oxygen atoms in total. The number of halogens is 2. The third kappa shape index (κ3) is 4.64. The van der Waals surface area contributed by atoms with E-state index in [-0.39, 0.29) is 12.5 Å². The molecule has 1 amide bonds. The number of hydrogen-bond acceptors (Lipinski definition) is 4. The Bertz CT molecular complexity index is 1290. The molecule has 4 rings (SSSR count). The summed E-state index contributed by atoms with van der Waals surface area (Å²) in [7, 11) is 1.83. The fourth-order valence-electron chi connectivity index (χ4n) is 3.21. The van der Waals surface area contributed by atoms with E-state index in [0.717, 1.165) is 17.7 Å². The number of amides is 1. The first-order valence-electron chi connectivity index (χ1n) is 9.85. The van der Waals surface area contributed by atoms with E-state index in [0.29, 0.717) is 33.9 Å². The molecule has 2 aromatic heterocycles. The lowest BCUT2D eigenvalue weighted by molar-refractivity contribution is 0.0950. The van der Waals surface area contributed by atoms with Gasteiger partial charge in [0.2, 0.25) is 0 Å². The Hall–Kier alpha value is -4.07. The highest BCUT2D eigenvalue weighted by atomic mass is 19.2.